The molecule has 0 aliphatic rings. The molecule has 1 aromatic carbocycles. The summed E-state index contributed by atoms with van der Waals surface area (Å²) in [7, 11) is 0. The van der Waals surface area contributed by atoms with E-state index < -0.39 is 0 Å². The molecular formula is C12H9BrCl2S. The van der Waals surface area contributed by atoms with Crippen LogP contribution in [0, 0.1) is 6.92 Å². The molecule has 0 radical (unpaired) electrons. The first-order chi connectivity index (χ1) is 7.59. The average Bonchev–Trinajstić information content (AvgIpc) is 2.67. The summed E-state index contributed by atoms with van der Waals surface area (Å²) < 4.78 is 0. The predicted octanol–water partition coefficient (Wildman–Crippen LogP) is 5.85. The zero-order valence-corrected chi connectivity index (χ0v) is 12.4. The van der Waals surface area contributed by atoms with Gasteiger partial charge in [0.25, 0.3) is 0 Å². The van der Waals surface area contributed by atoms with E-state index >= 15 is 0 Å². The Bertz CT molecular complexity index is 507. The summed E-state index contributed by atoms with van der Waals surface area (Å²) in [6, 6.07) is 7.84. The highest BCUT2D eigenvalue weighted by Crippen LogP contribution is 2.38. The van der Waals surface area contributed by atoms with Gasteiger partial charge in [-0.3, -0.25) is 0 Å². The Morgan fingerprint density at radius 1 is 1.19 bits per heavy atom. The standard InChI is InChI=1S/C12H9BrCl2S/c1-7-4-5-16-12(7)11(13)8-2-3-9(14)10(15)6-8/h2-6,11H,1H3. The Labute approximate surface area is 117 Å². The fourth-order valence-corrected chi connectivity index (χ4v) is 3.67. The van der Waals surface area contributed by atoms with Crippen LogP contribution in [0.25, 0.3) is 0 Å². The molecule has 16 heavy (non-hydrogen) atoms. The van der Waals surface area contributed by atoms with E-state index in [-0.39, 0.29) is 4.83 Å². The lowest BCUT2D eigenvalue weighted by atomic mass is 10.1. The molecule has 0 fully saturated rings. The number of aryl methyl sites for hydroxylation is 1. The van der Waals surface area contributed by atoms with Crippen LogP contribution in [0.1, 0.15) is 20.8 Å². The first-order valence-electron chi connectivity index (χ1n) is 4.72. The van der Waals surface area contributed by atoms with Crippen LogP contribution < -0.4 is 0 Å². The molecule has 0 aliphatic carbocycles. The smallest absolute Gasteiger partial charge is 0.0741 e. The van der Waals surface area contributed by atoms with E-state index in [4.69, 9.17) is 23.2 Å². The number of benzene rings is 1. The molecule has 2 aromatic rings. The predicted molar refractivity (Wildman–Crippen MR) is 76.3 cm³/mol. The summed E-state index contributed by atoms with van der Waals surface area (Å²) in [5.74, 6) is 0. The van der Waals surface area contributed by atoms with Gasteiger partial charge < -0.3 is 0 Å². The van der Waals surface area contributed by atoms with Gasteiger partial charge in [0.2, 0.25) is 0 Å². The number of alkyl halides is 1. The van der Waals surface area contributed by atoms with Gasteiger partial charge >= 0.3 is 0 Å². The van der Waals surface area contributed by atoms with Crippen molar-refractivity contribution in [2.24, 2.45) is 0 Å². The van der Waals surface area contributed by atoms with Crippen molar-refractivity contribution in [2.75, 3.05) is 0 Å². The lowest BCUT2D eigenvalue weighted by Crippen LogP contribution is -1.91. The molecule has 1 aromatic heterocycles. The van der Waals surface area contributed by atoms with Gasteiger partial charge in [-0.25, -0.2) is 0 Å². The van der Waals surface area contributed by atoms with Gasteiger partial charge in [-0.1, -0.05) is 45.2 Å². The van der Waals surface area contributed by atoms with E-state index in [9.17, 15) is 0 Å². The number of thiophene rings is 1. The molecule has 4 heteroatoms. The van der Waals surface area contributed by atoms with E-state index in [1.807, 2.05) is 18.2 Å². The minimum Gasteiger partial charge on any atom is -0.147 e. The zero-order valence-electron chi connectivity index (χ0n) is 8.51. The number of rotatable bonds is 2. The van der Waals surface area contributed by atoms with Crippen LogP contribution in [0.3, 0.4) is 0 Å². The lowest BCUT2D eigenvalue weighted by Gasteiger charge is -2.10. The molecule has 0 saturated heterocycles. The minimum atomic E-state index is 0.183. The fraction of sp³-hybridized carbons (Fsp3) is 0.167. The quantitative estimate of drug-likeness (QED) is 0.604. The highest BCUT2D eigenvalue weighted by Gasteiger charge is 2.14. The van der Waals surface area contributed by atoms with Crippen molar-refractivity contribution in [1.82, 2.24) is 0 Å². The van der Waals surface area contributed by atoms with Crippen molar-refractivity contribution in [3.05, 3.63) is 55.7 Å². The molecule has 0 nitrogen and oxygen atoms in total. The maximum atomic E-state index is 6.01. The maximum absolute atomic E-state index is 6.01. The highest BCUT2D eigenvalue weighted by molar-refractivity contribution is 9.09. The van der Waals surface area contributed by atoms with Crippen molar-refractivity contribution in [3.8, 4) is 0 Å². The minimum absolute atomic E-state index is 0.183. The fourth-order valence-electron chi connectivity index (χ4n) is 1.47. The monoisotopic (exact) mass is 334 g/mol. The second-order valence-corrected chi connectivity index (χ2v) is 6.18. The molecule has 1 atom stereocenters. The Kier molecular flexibility index (Phi) is 3.96. The third-order valence-corrected chi connectivity index (χ3v) is 5.48. The van der Waals surface area contributed by atoms with Crippen LogP contribution >= 0.6 is 50.5 Å². The second kappa shape index (κ2) is 5.09. The summed E-state index contributed by atoms with van der Waals surface area (Å²) in [6.45, 7) is 2.11. The van der Waals surface area contributed by atoms with Gasteiger partial charge in [-0.2, -0.15) is 0 Å². The van der Waals surface area contributed by atoms with Crippen LogP contribution in [-0.4, -0.2) is 0 Å². The van der Waals surface area contributed by atoms with Crippen LogP contribution in [0.5, 0.6) is 0 Å². The van der Waals surface area contributed by atoms with Crippen molar-refractivity contribution >= 4 is 50.5 Å². The average molecular weight is 336 g/mol. The molecule has 1 heterocycles. The van der Waals surface area contributed by atoms with Crippen LogP contribution in [-0.2, 0) is 0 Å². The SMILES string of the molecule is Cc1ccsc1C(Br)c1ccc(Cl)c(Cl)c1. The van der Waals surface area contributed by atoms with Crippen molar-refractivity contribution in [1.29, 1.82) is 0 Å². The van der Waals surface area contributed by atoms with Crippen LogP contribution in [0.4, 0.5) is 0 Å². The largest absolute Gasteiger partial charge is 0.147 e. The maximum Gasteiger partial charge on any atom is 0.0741 e. The Balaban J connectivity index is 2.38. The topological polar surface area (TPSA) is 0 Å². The molecule has 2 rings (SSSR count). The Morgan fingerprint density at radius 2 is 1.94 bits per heavy atom. The van der Waals surface area contributed by atoms with Crippen molar-refractivity contribution < 1.29 is 0 Å². The first-order valence-corrected chi connectivity index (χ1v) is 7.27. The van der Waals surface area contributed by atoms with Gasteiger partial charge in [-0.15, -0.1) is 11.3 Å². The summed E-state index contributed by atoms with van der Waals surface area (Å²) in [6.07, 6.45) is 0. The molecule has 0 saturated carbocycles. The van der Waals surface area contributed by atoms with Crippen molar-refractivity contribution in [2.45, 2.75) is 11.8 Å². The lowest BCUT2D eigenvalue weighted by molar-refractivity contribution is 1.20. The van der Waals surface area contributed by atoms with Crippen molar-refractivity contribution in [3.63, 3.8) is 0 Å². The van der Waals surface area contributed by atoms with Gasteiger partial charge in [0.15, 0.2) is 0 Å². The van der Waals surface area contributed by atoms with E-state index in [2.05, 4.69) is 34.3 Å². The van der Waals surface area contributed by atoms with E-state index in [0.29, 0.717) is 10.0 Å². The van der Waals surface area contributed by atoms with E-state index in [1.54, 1.807) is 11.3 Å². The molecule has 1 unspecified atom stereocenters. The Morgan fingerprint density at radius 3 is 2.50 bits per heavy atom. The van der Waals surface area contributed by atoms with Gasteiger partial charge in [0.1, 0.15) is 0 Å². The molecule has 0 N–H and O–H groups in total. The summed E-state index contributed by atoms with van der Waals surface area (Å²) in [5.41, 5.74) is 2.41. The van der Waals surface area contributed by atoms with E-state index in [0.717, 1.165) is 5.56 Å². The third-order valence-electron chi connectivity index (χ3n) is 2.37. The summed E-state index contributed by atoms with van der Waals surface area (Å²) >= 11 is 17.3. The van der Waals surface area contributed by atoms with Gasteiger partial charge in [-0.05, 0) is 41.6 Å². The Hall–Kier alpha value is -0.0200. The molecule has 0 aliphatic heterocycles. The molecule has 0 bridgehead atoms. The molecule has 0 spiro atoms. The van der Waals surface area contributed by atoms with Crippen LogP contribution in [0.15, 0.2) is 29.6 Å². The number of hydrogen-bond donors (Lipinski definition) is 0. The molecular weight excluding hydrogens is 327 g/mol. The number of hydrogen-bond acceptors (Lipinski definition) is 1. The van der Waals surface area contributed by atoms with Gasteiger partial charge in [0, 0.05) is 4.88 Å². The van der Waals surface area contributed by atoms with Gasteiger partial charge in [0.05, 0.1) is 14.9 Å². The van der Waals surface area contributed by atoms with Crippen LogP contribution in [0.2, 0.25) is 10.0 Å². The molecule has 84 valence electrons. The zero-order chi connectivity index (χ0) is 11.7. The summed E-state index contributed by atoms with van der Waals surface area (Å²) in [4.78, 5) is 1.49. The summed E-state index contributed by atoms with van der Waals surface area (Å²) in [5, 5.41) is 3.28. The number of halogens is 3. The first kappa shape index (κ1) is 12.4. The highest BCUT2D eigenvalue weighted by atomic mass is 79.9. The second-order valence-electron chi connectivity index (χ2n) is 3.50. The third kappa shape index (κ3) is 2.45. The normalized spacial score (nSPS) is 12.8. The molecule has 0 amide bonds. The van der Waals surface area contributed by atoms with E-state index in [1.165, 1.54) is 10.4 Å².